The summed E-state index contributed by atoms with van der Waals surface area (Å²) >= 11 is 0. The monoisotopic (exact) mass is 358 g/mol. The Morgan fingerprint density at radius 3 is 2.88 bits per heavy atom. The van der Waals surface area contributed by atoms with Gasteiger partial charge in [-0.3, -0.25) is 4.79 Å². The van der Waals surface area contributed by atoms with Gasteiger partial charge in [-0.25, -0.2) is 0 Å². The van der Waals surface area contributed by atoms with Gasteiger partial charge < -0.3 is 25.3 Å². The van der Waals surface area contributed by atoms with Gasteiger partial charge in [0, 0.05) is 20.3 Å². The van der Waals surface area contributed by atoms with Gasteiger partial charge in [-0.15, -0.1) is 12.4 Å². The summed E-state index contributed by atoms with van der Waals surface area (Å²) in [5.74, 6) is 0.504. The first-order valence-electron chi connectivity index (χ1n) is 8.09. The van der Waals surface area contributed by atoms with E-state index in [1.165, 1.54) is 6.42 Å². The number of rotatable bonds is 8. The van der Waals surface area contributed by atoms with Crippen LogP contribution >= 0.6 is 12.4 Å². The third-order valence-corrected chi connectivity index (χ3v) is 3.87. The van der Waals surface area contributed by atoms with Crippen molar-refractivity contribution in [2.75, 3.05) is 32.2 Å². The molecule has 1 aliphatic rings. The summed E-state index contributed by atoms with van der Waals surface area (Å²) in [6.45, 7) is 1.60. The largest absolute Gasteiger partial charge is 0.489 e. The quantitative estimate of drug-likeness (QED) is 0.745. The lowest BCUT2D eigenvalue weighted by atomic mass is 10.1. The number of methoxy groups -OCH3 is 1. The minimum atomic E-state index is -0.279. The van der Waals surface area contributed by atoms with Gasteiger partial charge in [0.15, 0.2) is 0 Å². The Bertz CT molecular complexity index is 491. The Kier molecular flexibility index (Phi) is 9.71. The Morgan fingerprint density at radius 1 is 1.42 bits per heavy atom. The molecular formula is C17H27ClN2O4. The standard InChI is InChI=1S/C17H26N2O4.ClH/c1-21-14(11-18)10-17(20)19-15-7-2-3-8-16(15)23-12-13-6-4-5-9-22-13;/h2-3,7-8,13-14H,4-6,9-12,18H2,1H3,(H,19,20);1H. The number of para-hydroxylation sites is 2. The number of ether oxygens (including phenoxy) is 3. The van der Waals surface area contributed by atoms with Gasteiger partial charge in [-0.05, 0) is 31.4 Å². The maximum Gasteiger partial charge on any atom is 0.227 e. The van der Waals surface area contributed by atoms with E-state index < -0.39 is 0 Å². The molecule has 0 aliphatic carbocycles. The molecule has 1 aliphatic heterocycles. The zero-order chi connectivity index (χ0) is 16.5. The van der Waals surface area contributed by atoms with E-state index in [1.807, 2.05) is 24.3 Å². The van der Waals surface area contributed by atoms with E-state index in [0.717, 1.165) is 19.4 Å². The number of amides is 1. The van der Waals surface area contributed by atoms with Crippen molar-refractivity contribution < 1.29 is 19.0 Å². The molecule has 2 atom stereocenters. The van der Waals surface area contributed by atoms with Crippen molar-refractivity contribution in [2.24, 2.45) is 5.73 Å². The van der Waals surface area contributed by atoms with E-state index in [0.29, 0.717) is 24.6 Å². The fourth-order valence-electron chi connectivity index (χ4n) is 2.49. The van der Waals surface area contributed by atoms with Crippen LogP contribution in [0.4, 0.5) is 5.69 Å². The van der Waals surface area contributed by atoms with E-state index in [1.54, 1.807) is 7.11 Å². The first kappa shape index (κ1) is 20.7. The van der Waals surface area contributed by atoms with Crippen LogP contribution in [-0.4, -0.2) is 45.0 Å². The summed E-state index contributed by atoms with van der Waals surface area (Å²) in [6.07, 6.45) is 3.36. The zero-order valence-corrected chi connectivity index (χ0v) is 14.8. The highest BCUT2D eigenvalue weighted by Gasteiger charge is 2.16. The molecule has 1 saturated heterocycles. The second kappa shape index (κ2) is 11.3. The minimum absolute atomic E-state index is 0. The Hall–Kier alpha value is -1.34. The number of nitrogens with one attached hydrogen (secondary N) is 1. The Labute approximate surface area is 149 Å². The topological polar surface area (TPSA) is 82.8 Å². The molecule has 0 saturated carbocycles. The molecule has 0 radical (unpaired) electrons. The lowest BCUT2D eigenvalue weighted by Crippen LogP contribution is -2.28. The number of halogens is 1. The minimum Gasteiger partial charge on any atom is -0.489 e. The van der Waals surface area contributed by atoms with Crippen LogP contribution in [0.3, 0.4) is 0 Å². The number of nitrogens with two attached hydrogens (primary N) is 1. The first-order chi connectivity index (χ1) is 11.2. The fraction of sp³-hybridized carbons (Fsp3) is 0.588. The molecule has 0 bridgehead atoms. The molecule has 1 amide bonds. The molecule has 3 N–H and O–H groups in total. The van der Waals surface area contributed by atoms with E-state index in [2.05, 4.69) is 5.32 Å². The Morgan fingerprint density at radius 2 is 2.21 bits per heavy atom. The van der Waals surface area contributed by atoms with Gasteiger partial charge in [0.1, 0.15) is 12.4 Å². The molecule has 6 nitrogen and oxygen atoms in total. The summed E-state index contributed by atoms with van der Waals surface area (Å²) in [6, 6.07) is 7.40. The van der Waals surface area contributed by atoms with Crippen molar-refractivity contribution in [3.8, 4) is 5.75 Å². The molecule has 136 valence electrons. The van der Waals surface area contributed by atoms with Gasteiger partial charge in [0.25, 0.3) is 0 Å². The van der Waals surface area contributed by atoms with Crippen molar-refractivity contribution in [2.45, 2.75) is 37.9 Å². The van der Waals surface area contributed by atoms with Gasteiger partial charge >= 0.3 is 0 Å². The fourth-order valence-corrected chi connectivity index (χ4v) is 2.49. The molecule has 2 unspecified atom stereocenters. The second-order valence-corrected chi connectivity index (χ2v) is 5.64. The third-order valence-electron chi connectivity index (χ3n) is 3.87. The normalized spacial score (nSPS) is 18.3. The van der Waals surface area contributed by atoms with E-state index in [4.69, 9.17) is 19.9 Å². The highest BCUT2D eigenvalue weighted by Crippen LogP contribution is 2.25. The number of carbonyl (C=O) groups excluding carboxylic acids is 1. The van der Waals surface area contributed by atoms with Gasteiger partial charge in [-0.1, -0.05) is 12.1 Å². The van der Waals surface area contributed by atoms with Gasteiger partial charge in [0.2, 0.25) is 5.91 Å². The average molecular weight is 359 g/mol. The summed E-state index contributed by atoms with van der Waals surface area (Å²) in [5, 5.41) is 2.86. The van der Waals surface area contributed by atoms with Gasteiger partial charge in [-0.2, -0.15) is 0 Å². The molecular weight excluding hydrogens is 332 g/mol. The highest BCUT2D eigenvalue weighted by atomic mass is 35.5. The summed E-state index contributed by atoms with van der Waals surface area (Å²) < 4.78 is 16.6. The Balaban J connectivity index is 0.00000288. The van der Waals surface area contributed by atoms with Crippen LogP contribution in [0.1, 0.15) is 25.7 Å². The van der Waals surface area contributed by atoms with Crippen LogP contribution in [0.2, 0.25) is 0 Å². The van der Waals surface area contributed by atoms with E-state index >= 15 is 0 Å². The number of anilines is 1. The smallest absolute Gasteiger partial charge is 0.227 e. The van der Waals surface area contributed by atoms with Crippen molar-refractivity contribution in [3.05, 3.63) is 24.3 Å². The van der Waals surface area contributed by atoms with Crippen molar-refractivity contribution >= 4 is 24.0 Å². The maximum atomic E-state index is 12.1. The third kappa shape index (κ3) is 6.65. The van der Waals surface area contributed by atoms with Crippen LogP contribution in [0.15, 0.2) is 24.3 Å². The molecule has 0 aromatic heterocycles. The van der Waals surface area contributed by atoms with Crippen LogP contribution in [0.25, 0.3) is 0 Å². The zero-order valence-electron chi connectivity index (χ0n) is 14.0. The molecule has 0 spiro atoms. The molecule has 1 fully saturated rings. The summed E-state index contributed by atoms with van der Waals surface area (Å²) in [7, 11) is 1.55. The predicted molar refractivity (Wildman–Crippen MR) is 95.9 cm³/mol. The number of carbonyl (C=O) groups is 1. The van der Waals surface area contributed by atoms with E-state index in [-0.39, 0.29) is 36.9 Å². The molecule has 2 rings (SSSR count). The SMILES string of the molecule is COC(CN)CC(=O)Nc1ccccc1OCC1CCCCO1.Cl. The predicted octanol–water partition coefficient (Wildman–Crippen LogP) is 2.36. The van der Waals surface area contributed by atoms with Crippen LogP contribution in [0.5, 0.6) is 5.75 Å². The van der Waals surface area contributed by atoms with E-state index in [9.17, 15) is 4.79 Å². The van der Waals surface area contributed by atoms with Crippen molar-refractivity contribution in [1.29, 1.82) is 0 Å². The van der Waals surface area contributed by atoms with Crippen LogP contribution in [0, 0.1) is 0 Å². The molecule has 1 aromatic rings. The summed E-state index contributed by atoms with van der Waals surface area (Å²) in [5.41, 5.74) is 6.19. The lowest BCUT2D eigenvalue weighted by Gasteiger charge is -2.23. The van der Waals surface area contributed by atoms with Gasteiger partial charge in [0.05, 0.1) is 24.3 Å². The lowest BCUT2D eigenvalue weighted by molar-refractivity contribution is -0.118. The second-order valence-electron chi connectivity index (χ2n) is 5.64. The summed E-state index contributed by atoms with van der Waals surface area (Å²) in [4.78, 5) is 12.1. The van der Waals surface area contributed by atoms with Crippen LogP contribution in [-0.2, 0) is 14.3 Å². The van der Waals surface area contributed by atoms with Crippen molar-refractivity contribution in [3.63, 3.8) is 0 Å². The average Bonchev–Trinajstić information content (AvgIpc) is 2.60. The van der Waals surface area contributed by atoms with Crippen molar-refractivity contribution in [1.82, 2.24) is 0 Å². The molecule has 1 heterocycles. The molecule has 7 heteroatoms. The number of hydrogen-bond donors (Lipinski definition) is 2. The molecule has 24 heavy (non-hydrogen) atoms. The first-order valence-corrected chi connectivity index (χ1v) is 8.09. The number of hydrogen-bond acceptors (Lipinski definition) is 5. The molecule has 1 aromatic carbocycles. The highest BCUT2D eigenvalue weighted by molar-refractivity contribution is 5.92. The number of benzene rings is 1. The van der Waals surface area contributed by atoms with Crippen LogP contribution < -0.4 is 15.8 Å². The maximum absolute atomic E-state index is 12.1.